The highest BCUT2D eigenvalue weighted by Gasteiger charge is 2.35. The van der Waals surface area contributed by atoms with Crippen LogP contribution in [-0.2, 0) is 4.79 Å². The maximum atomic E-state index is 13.6. The van der Waals surface area contributed by atoms with Gasteiger partial charge in [-0.05, 0) is 49.5 Å². The molecule has 2 saturated heterocycles. The number of carbonyl (C=O) groups is 2. The Bertz CT molecular complexity index is 784. The average Bonchev–Trinajstić information content (AvgIpc) is 2.68. The zero-order valence-electron chi connectivity index (χ0n) is 16.1. The van der Waals surface area contributed by atoms with Gasteiger partial charge in [-0.3, -0.25) is 9.69 Å². The van der Waals surface area contributed by atoms with Crippen molar-refractivity contribution in [1.29, 1.82) is 0 Å². The Morgan fingerprint density at radius 2 is 1.97 bits per heavy atom. The monoisotopic (exact) mass is 450 g/mol. The van der Waals surface area contributed by atoms with E-state index in [1.807, 2.05) is 0 Å². The maximum Gasteiger partial charge on any atom is 0.401 e. The van der Waals surface area contributed by atoms with Crippen LogP contribution in [0.15, 0.2) is 18.2 Å². The van der Waals surface area contributed by atoms with Gasteiger partial charge < -0.3 is 15.5 Å². The van der Waals surface area contributed by atoms with E-state index in [2.05, 4.69) is 10.6 Å². The molecule has 2 N–H and O–H groups in total. The average molecular weight is 451 g/mol. The number of piperidine rings is 1. The van der Waals surface area contributed by atoms with Gasteiger partial charge in [0.2, 0.25) is 5.91 Å². The number of alkyl halides is 3. The molecule has 2 heterocycles. The third kappa shape index (κ3) is 5.98. The number of rotatable bonds is 4. The first-order chi connectivity index (χ1) is 14.1. The molecule has 2 aliphatic rings. The van der Waals surface area contributed by atoms with Crippen molar-refractivity contribution in [3.63, 3.8) is 0 Å². The second kappa shape index (κ2) is 9.38. The van der Waals surface area contributed by atoms with Crippen LogP contribution in [0.1, 0.15) is 24.4 Å². The number of likely N-dealkylation sites (tertiary alicyclic amines) is 1. The summed E-state index contributed by atoms with van der Waals surface area (Å²) >= 11 is 5.91. The van der Waals surface area contributed by atoms with Gasteiger partial charge in [0, 0.05) is 13.1 Å². The van der Waals surface area contributed by atoms with Crippen molar-refractivity contribution in [2.75, 3.05) is 39.3 Å². The Morgan fingerprint density at radius 3 is 2.57 bits per heavy atom. The fraction of sp³-hybridized carbons (Fsp3) is 0.579. The lowest BCUT2D eigenvalue weighted by Crippen LogP contribution is -2.54. The zero-order valence-corrected chi connectivity index (χ0v) is 16.9. The fourth-order valence-electron chi connectivity index (χ4n) is 3.91. The Morgan fingerprint density at radius 1 is 1.27 bits per heavy atom. The van der Waals surface area contributed by atoms with Gasteiger partial charge in [-0.15, -0.1) is 0 Å². The zero-order chi connectivity index (χ0) is 21.9. The number of nitrogens with one attached hydrogen (secondary N) is 2. The Hall–Kier alpha value is -2.07. The van der Waals surface area contributed by atoms with Crippen LogP contribution in [0, 0.1) is 11.7 Å². The molecule has 0 aliphatic carbocycles. The van der Waals surface area contributed by atoms with Crippen molar-refractivity contribution in [3.8, 4) is 0 Å². The highest BCUT2D eigenvalue weighted by Crippen LogP contribution is 2.33. The van der Waals surface area contributed by atoms with Crippen LogP contribution in [0.25, 0.3) is 0 Å². The van der Waals surface area contributed by atoms with Gasteiger partial charge in [-0.2, -0.15) is 13.2 Å². The number of halogens is 5. The Kier molecular flexibility index (Phi) is 7.07. The van der Waals surface area contributed by atoms with Crippen LogP contribution in [0.2, 0.25) is 5.02 Å². The number of piperazine rings is 1. The molecular formula is C19H23ClF4N4O2. The van der Waals surface area contributed by atoms with E-state index in [0.717, 1.165) is 0 Å². The third-order valence-corrected chi connectivity index (χ3v) is 5.70. The molecule has 2 fully saturated rings. The molecule has 1 aromatic rings. The van der Waals surface area contributed by atoms with E-state index in [4.69, 9.17) is 11.6 Å². The number of carbonyl (C=O) groups excluding carboxylic acids is 2. The molecule has 0 saturated carbocycles. The molecule has 0 bridgehead atoms. The second-order valence-electron chi connectivity index (χ2n) is 7.60. The summed E-state index contributed by atoms with van der Waals surface area (Å²) in [6.07, 6.45) is -3.41. The van der Waals surface area contributed by atoms with Crippen molar-refractivity contribution in [2.24, 2.45) is 5.92 Å². The number of nitrogens with zero attached hydrogens (tertiary/aromatic N) is 2. The van der Waals surface area contributed by atoms with Gasteiger partial charge in [0.15, 0.2) is 0 Å². The number of urea groups is 1. The maximum absolute atomic E-state index is 13.6. The summed E-state index contributed by atoms with van der Waals surface area (Å²) in [5.41, 5.74) is 0.575. The van der Waals surface area contributed by atoms with E-state index in [1.165, 1.54) is 28.0 Å². The molecule has 2 aliphatic heterocycles. The van der Waals surface area contributed by atoms with Crippen LogP contribution in [0.5, 0.6) is 0 Å². The standard InChI is InChI=1S/C19H23ClF4N4O2/c20-14-9-13(1-2-15(14)21)17(26-18(30)28-8-5-25-16(29)10-28)12-3-6-27(7-4-12)11-19(22,23)24/h1-2,9,12,17H,3-8,10-11H2,(H,25,29)(H,26,30). The molecule has 1 unspecified atom stereocenters. The van der Waals surface area contributed by atoms with Crippen molar-refractivity contribution >= 4 is 23.5 Å². The molecule has 11 heteroatoms. The summed E-state index contributed by atoms with van der Waals surface area (Å²) in [6.45, 7) is 0.109. The first-order valence-corrected chi connectivity index (χ1v) is 10.1. The van der Waals surface area contributed by atoms with E-state index in [9.17, 15) is 27.2 Å². The molecular weight excluding hydrogens is 428 g/mol. The van der Waals surface area contributed by atoms with E-state index >= 15 is 0 Å². The van der Waals surface area contributed by atoms with E-state index in [1.54, 1.807) is 0 Å². The van der Waals surface area contributed by atoms with Crippen molar-refractivity contribution < 1.29 is 27.2 Å². The van der Waals surface area contributed by atoms with Gasteiger partial charge in [0.1, 0.15) is 12.4 Å². The molecule has 3 rings (SSSR count). The SMILES string of the molecule is O=C1CN(C(=O)NC(c2ccc(F)c(Cl)c2)C2CCN(CC(F)(F)F)CC2)CCN1. The first-order valence-electron chi connectivity index (χ1n) is 9.68. The lowest BCUT2D eigenvalue weighted by molar-refractivity contribution is -0.148. The second-order valence-corrected chi connectivity index (χ2v) is 8.01. The fourth-order valence-corrected chi connectivity index (χ4v) is 4.10. The predicted molar refractivity (Wildman–Crippen MR) is 102 cm³/mol. The lowest BCUT2D eigenvalue weighted by Gasteiger charge is -2.38. The number of hydrogen-bond acceptors (Lipinski definition) is 3. The van der Waals surface area contributed by atoms with Gasteiger partial charge in [0.05, 0.1) is 17.6 Å². The van der Waals surface area contributed by atoms with Gasteiger partial charge in [-0.25, -0.2) is 9.18 Å². The molecule has 166 valence electrons. The Labute approximate surface area is 176 Å². The molecule has 1 aromatic carbocycles. The van der Waals surface area contributed by atoms with E-state index in [0.29, 0.717) is 31.5 Å². The van der Waals surface area contributed by atoms with E-state index < -0.39 is 30.6 Å². The van der Waals surface area contributed by atoms with Crippen LogP contribution < -0.4 is 10.6 Å². The minimum atomic E-state index is -4.26. The molecule has 0 radical (unpaired) electrons. The van der Waals surface area contributed by atoms with Crippen molar-refractivity contribution in [3.05, 3.63) is 34.6 Å². The van der Waals surface area contributed by atoms with Crippen LogP contribution in [0.4, 0.5) is 22.4 Å². The van der Waals surface area contributed by atoms with Gasteiger partial charge >= 0.3 is 12.2 Å². The topological polar surface area (TPSA) is 64.7 Å². The van der Waals surface area contributed by atoms with Crippen LogP contribution >= 0.6 is 11.6 Å². The van der Waals surface area contributed by atoms with Gasteiger partial charge in [-0.1, -0.05) is 17.7 Å². The smallest absolute Gasteiger partial charge is 0.353 e. The minimum Gasteiger partial charge on any atom is -0.353 e. The Balaban J connectivity index is 1.74. The predicted octanol–water partition coefficient (Wildman–Crippen LogP) is 2.94. The quantitative estimate of drug-likeness (QED) is 0.693. The van der Waals surface area contributed by atoms with Crippen LogP contribution in [-0.4, -0.2) is 67.2 Å². The largest absolute Gasteiger partial charge is 0.401 e. The lowest BCUT2D eigenvalue weighted by atomic mass is 9.85. The summed E-state index contributed by atoms with van der Waals surface area (Å²) in [7, 11) is 0. The normalized spacial score (nSPS) is 20.0. The number of amides is 3. The summed E-state index contributed by atoms with van der Waals surface area (Å²) in [4.78, 5) is 27.0. The van der Waals surface area contributed by atoms with Crippen LogP contribution in [0.3, 0.4) is 0 Å². The van der Waals surface area contributed by atoms with Crippen molar-refractivity contribution in [2.45, 2.75) is 25.1 Å². The number of hydrogen-bond donors (Lipinski definition) is 2. The summed E-state index contributed by atoms with van der Waals surface area (Å²) in [6, 6.07) is 3.12. The molecule has 6 nitrogen and oxygen atoms in total. The summed E-state index contributed by atoms with van der Waals surface area (Å²) in [5, 5.41) is 5.42. The highest BCUT2D eigenvalue weighted by atomic mass is 35.5. The van der Waals surface area contributed by atoms with Gasteiger partial charge in [0.25, 0.3) is 0 Å². The number of benzene rings is 1. The molecule has 3 amide bonds. The third-order valence-electron chi connectivity index (χ3n) is 5.41. The summed E-state index contributed by atoms with van der Waals surface area (Å²) in [5.74, 6) is -1.02. The minimum absolute atomic E-state index is 0.0766. The molecule has 1 atom stereocenters. The summed E-state index contributed by atoms with van der Waals surface area (Å²) < 4.78 is 51.6. The van der Waals surface area contributed by atoms with E-state index in [-0.39, 0.29) is 36.5 Å². The highest BCUT2D eigenvalue weighted by molar-refractivity contribution is 6.30. The van der Waals surface area contributed by atoms with Crippen molar-refractivity contribution in [1.82, 2.24) is 20.4 Å². The molecule has 0 aromatic heterocycles. The molecule has 30 heavy (non-hydrogen) atoms. The molecule has 0 spiro atoms. The first kappa shape index (κ1) is 22.6.